The van der Waals surface area contributed by atoms with Crippen LogP contribution < -0.4 is 0 Å². The van der Waals surface area contributed by atoms with Crippen LogP contribution in [0.3, 0.4) is 0 Å². The third kappa shape index (κ3) is 2.51. The molecule has 0 N–H and O–H groups in total. The zero-order chi connectivity index (χ0) is 8.27. The van der Waals surface area contributed by atoms with E-state index in [1.807, 2.05) is 0 Å². The summed E-state index contributed by atoms with van der Waals surface area (Å²) in [5.41, 5.74) is 2.75. The first-order valence-electron chi connectivity index (χ1n) is 3.91. The smallest absolute Gasteiger partial charge is 0.00182 e. The second kappa shape index (κ2) is 3.72. The molecule has 1 heteroatoms. The van der Waals surface area contributed by atoms with Gasteiger partial charge in [-0.2, -0.15) is 11.3 Å². The lowest BCUT2D eigenvalue weighted by Crippen LogP contribution is -1.81. The third-order valence-electron chi connectivity index (χ3n) is 1.56. The Morgan fingerprint density at radius 2 is 2.27 bits per heavy atom. The molecule has 1 aromatic heterocycles. The van der Waals surface area contributed by atoms with Gasteiger partial charge in [-0.15, -0.1) is 0 Å². The summed E-state index contributed by atoms with van der Waals surface area (Å²) in [7, 11) is 0. The quantitative estimate of drug-likeness (QED) is 0.626. The molecule has 0 aliphatic heterocycles. The molecule has 0 unspecified atom stereocenters. The zero-order valence-electron chi connectivity index (χ0n) is 7.29. The molecule has 0 aromatic carbocycles. The Morgan fingerprint density at radius 3 is 2.73 bits per heavy atom. The van der Waals surface area contributed by atoms with Crippen LogP contribution in [0.4, 0.5) is 0 Å². The first-order chi connectivity index (χ1) is 5.20. The first-order valence-corrected chi connectivity index (χ1v) is 4.85. The van der Waals surface area contributed by atoms with Gasteiger partial charge in [0.2, 0.25) is 0 Å². The van der Waals surface area contributed by atoms with E-state index in [-0.39, 0.29) is 0 Å². The minimum atomic E-state index is 0.648. The van der Waals surface area contributed by atoms with Crippen molar-refractivity contribution in [2.24, 2.45) is 5.92 Å². The summed E-state index contributed by atoms with van der Waals surface area (Å²) < 4.78 is 0. The predicted molar refractivity (Wildman–Crippen MR) is 52.8 cm³/mol. The maximum absolute atomic E-state index is 2.29. The third-order valence-corrected chi connectivity index (χ3v) is 2.24. The molecule has 11 heavy (non-hydrogen) atoms. The van der Waals surface area contributed by atoms with E-state index in [1.54, 1.807) is 11.3 Å². The highest BCUT2D eigenvalue weighted by molar-refractivity contribution is 7.08. The Hall–Kier alpha value is -0.560. The maximum Gasteiger partial charge on any atom is -0.00182 e. The van der Waals surface area contributed by atoms with Gasteiger partial charge in [0, 0.05) is 0 Å². The van der Waals surface area contributed by atoms with Gasteiger partial charge < -0.3 is 0 Å². The Labute approximate surface area is 72.6 Å². The van der Waals surface area contributed by atoms with E-state index >= 15 is 0 Å². The van der Waals surface area contributed by atoms with Gasteiger partial charge in [-0.05, 0) is 40.8 Å². The summed E-state index contributed by atoms with van der Waals surface area (Å²) in [5.74, 6) is 0.648. The average molecular weight is 166 g/mol. The number of hydrogen-bond donors (Lipinski definition) is 0. The fourth-order valence-corrected chi connectivity index (χ4v) is 1.80. The second-order valence-corrected chi connectivity index (χ2v) is 3.89. The summed E-state index contributed by atoms with van der Waals surface area (Å²) in [6, 6.07) is 2.17. The van der Waals surface area contributed by atoms with E-state index in [9.17, 15) is 0 Å². The number of hydrogen-bond acceptors (Lipinski definition) is 1. The Kier molecular flexibility index (Phi) is 2.89. The highest BCUT2D eigenvalue weighted by atomic mass is 32.1. The van der Waals surface area contributed by atoms with E-state index in [1.165, 1.54) is 11.1 Å². The summed E-state index contributed by atoms with van der Waals surface area (Å²) in [6.45, 7) is 6.58. The SMILES string of the molecule is C/C(=C\C(C)C)c1ccsc1. The van der Waals surface area contributed by atoms with Crippen molar-refractivity contribution in [3.8, 4) is 0 Å². The lowest BCUT2D eigenvalue weighted by molar-refractivity contribution is 0.833. The van der Waals surface area contributed by atoms with Gasteiger partial charge in [-0.1, -0.05) is 19.9 Å². The molecule has 0 atom stereocenters. The van der Waals surface area contributed by atoms with Crippen molar-refractivity contribution in [3.05, 3.63) is 28.5 Å². The van der Waals surface area contributed by atoms with Gasteiger partial charge in [0.1, 0.15) is 0 Å². The molecule has 0 spiro atoms. The molecule has 0 amide bonds. The molecular formula is C10H14S. The van der Waals surface area contributed by atoms with E-state index < -0.39 is 0 Å². The van der Waals surface area contributed by atoms with Crippen molar-refractivity contribution >= 4 is 16.9 Å². The van der Waals surface area contributed by atoms with Crippen LogP contribution in [0.15, 0.2) is 22.9 Å². The lowest BCUT2D eigenvalue weighted by atomic mass is 10.1. The van der Waals surface area contributed by atoms with Crippen LogP contribution in [0.5, 0.6) is 0 Å². The lowest BCUT2D eigenvalue weighted by Gasteiger charge is -1.99. The largest absolute Gasteiger partial charge is 0.152 e. The van der Waals surface area contributed by atoms with Gasteiger partial charge in [-0.3, -0.25) is 0 Å². The molecule has 0 bridgehead atoms. The fraction of sp³-hybridized carbons (Fsp3) is 0.400. The molecule has 0 nitrogen and oxygen atoms in total. The topological polar surface area (TPSA) is 0 Å². The second-order valence-electron chi connectivity index (χ2n) is 3.11. The van der Waals surface area contributed by atoms with Crippen molar-refractivity contribution < 1.29 is 0 Å². The number of rotatable bonds is 2. The normalized spacial score (nSPS) is 12.5. The number of thiophene rings is 1. The van der Waals surface area contributed by atoms with E-state index in [0.29, 0.717) is 5.92 Å². The van der Waals surface area contributed by atoms with Crippen LogP contribution in [-0.2, 0) is 0 Å². The summed E-state index contributed by atoms with van der Waals surface area (Å²) >= 11 is 1.75. The standard InChI is InChI=1S/C10H14S/c1-8(2)6-9(3)10-4-5-11-7-10/h4-8H,1-3H3/b9-6+. The molecule has 0 aliphatic carbocycles. The molecular weight excluding hydrogens is 152 g/mol. The number of allylic oxidation sites excluding steroid dienone is 2. The van der Waals surface area contributed by atoms with Gasteiger partial charge >= 0.3 is 0 Å². The zero-order valence-corrected chi connectivity index (χ0v) is 8.11. The van der Waals surface area contributed by atoms with Gasteiger partial charge in [0.05, 0.1) is 0 Å². The molecule has 0 aliphatic rings. The van der Waals surface area contributed by atoms with Crippen LogP contribution >= 0.6 is 11.3 Å². The molecule has 0 fully saturated rings. The highest BCUT2D eigenvalue weighted by Gasteiger charge is 1.95. The van der Waals surface area contributed by atoms with Crippen molar-refractivity contribution in [3.63, 3.8) is 0 Å². The monoisotopic (exact) mass is 166 g/mol. The summed E-state index contributed by atoms with van der Waals surface area (Å²) in [5, 5.41) is 4.31. The Morgan fingerprint density at radius 1 is 1.55 bits per heavy atom. The van der Waals surface area contributed by atoms with Gasteiger partial charge in [0.15, 0.2) is 0 Å². The summed E-state index contributed by atoms with van der Waals surface area (Å²) in [4.78, 5) is 0. The fourth-order valence-electron chi connectivity index (χ4n) is 1.09. The highest BCUT2D eigenvalue weighted by Crippen LogP contribution is 2.18. The maximum atomic E-state index is 2.29. The van der Waals surface area contributed by atoms with Crippen LogP contribution in [0.2, 0.25) is 0 Å². The van der Waals surface area contributed by atoms with Crippen LogP contribution in [0, 0.1) is 5.92 Å². The molecule has 1 aromatic rings. The van der Waals surface area contributed by atoms with E-state index in [4.69, 9.17) is 0 Å². The van der Waals surface area contributed by atoms with Crippen molar-refractivity contribution in [1.29, 1.82) is 0 Å². The molecule has 1 heterocycles. The minimum absolute atomic E-state index is 0.648. The van der Waals surface area contributed by atoms with E-state index in [2.05, 4.69) is 43.7 Å². The molecule has 0 radical (unpaired) electrons. The van der Waals surface area contributed by atoms with Gasteiger partial charge in [-0.25, -0.2) is 0 Å². The van der Waals surface area contributed by atoms with E-state index in [0.717, 1.165) is 0 Å². The molecule has 0 saturated carbocycles. The minimum Gasteiger partial charge on any atom is -0.152 e. The van der Waals surface area contributed by atoms with Crippen LogP contribution in [0.1, 0.15) is 26.3 Å². The molecule has 0 saturated heterocycles. The van der Waals surface area contributed by atoms with Gasteiger partial charge in [0.25, 0.3) is 0 Å². The molecule has 60 valence electrons. The van der Waals surface area contributed by atoms with Crippen molar-refractivity contribution in [2.45, 2.75) is 20.8 Å². The van der Waals surface area contributed by atoms with Crippen molar-refractivity contribution in [2.75, 3.05) is 0 Å². The van der Waals surface area contributed by atoms with Crippen LogP contribution in [-0.4, -0.2) is 0 Å². The predicted octanol–water partition coefficient (Wildman–Crippen LogP) is 3.81. The Bertz CT molecular complexity index is 229. The average Bonchev–Trinajstić information content (AvgIpc) is 2.35. The first kappa shape index (κ1) is 8.54. The summed E-state index contributed by atoms with van der Waals surface area (Å²) in [6.07, 6.45) is 2.29. The molecule has 1 rings (SSSR count). The Balaban J connectivity index is 2.77. The van der Waals surface area contributed by atoms with Crippen LogP contribution in [0.25, 0.3) is 5.57 Å². The van der Waals surface area contributed by atoms with Crippen molar-refractivity contribution in [1.82, 2.24) is 0 Å².